The van der Waals surface area contributed by atoms with Gasteiger partial charge in [0.1, 0.15) is 18.1 Å². The van der Waals surface area contributed by atoms with Crippen molar-refractivity contribution in [1.82, 2.24) is 25.5 Å². The topological polar surface area (TPSA) is 208 Å². The maximum atomic E-state index is 13.0. The number of amides is 3. The summed E-state index contributed by atoms with van der Waals surface area (Å²) < 4.78 is 0. The van der Waals surface area contributed by atoms with Crippen LogP contribution in [0.5, 0.6) is 0 Å². The summed E-state index contributed by atoms with van der Waals surface area (Å²) in [5.74, 6) is -4.67. The Morgan fingerprint density at radius 2 is 1.97 bits per heavy atom. The zero-order valence-electron chi connectivity index (χ0n) is 19.2. The average Bonchev–Trinajstić information content (AvgIpc) is 3.47. The monoisotopic (exact) mass is 480 g/mol. The molecule has 2 rings (SSSR count). The molecule has 1 saturated heterocycles. The molecule has 1 fully saturated rings. The number of rotatable bonds is 12. The highest BCUT2D eigenvalue weighted by molar-refractivity contribution is 5.95. The third-order valence-electron chi connectivity index (χ3n) is 5.94. The van der Waals surface area contributed by atoms with Crippen LogP contribution in [0.1, 0.15) is 45.2 Å². The van der Waals surface area contributed by atoms with Gasteiger partial charge in [-0.3, -0.25) is 19.2 Å². The van der Waals surface area contributed by atoms with E-state index >= 15 is 0 Å². The van der Waals surface area contributed by atoms with Crippen LogP contribution >= 0.6 is 0 Å². The highest BCUT2D eigenvalue weighted by atomic mass is 16.4. The minimum Gasteiger partial charge on any atom is -0.481 e. The number of aliphatic carboxylic acids is 2. The van der Waals surface area contributed by atoms with Crippen LogP contribution in [-0.4, -0.2) is 85.5 Å². The van der Waals surface area contributed by atoms with Crippen LogP contribution in [0.2, 0.25) is 0 Å². The number of likely N-dealkylation sites (tertiary alicyclic amines) is 1. The Hall–Kier alpha value is -3.48. The summed E-state index contributed by atoms with van der Waals surface area (Å²) in [6, 6.07) is -4.45. The SMILES string of the molecule is CCC(C)C(NC(=O)C1CCCN1C(=O)C(N)CC(=O)O)C(=O)NC(Cc1cnc[nH]1)C(=O)O. The van der Waals surface area contributed by atoms with Gasteiger partial charge in [-0.05, 0) is 18.8 Å². The number of H-pyrrole nitrogens is 1. The van der Waals surface area contributed by atoms with Crippen LogP contribution in [0.4, 0.5) is 0 Å². The summed E-state index contributed by atoms with van der Waals surface area (Å²) in [7, 11) is 0. The maximum absolute atomic E-state index is 13.0. The van der Waals surface area contributed by atoms with Crippen LogP contribution < -0.4 is 16.4 Å². The number of nitrogens with two attached hydrogens (primary N) is 1. The van der Waals surface area contributed by atoms with Crippen molar-refractivity contribution in [3.63, 3.8) is 0 Å². The Bertz CT molecular complexity index is 890. The lowest BCUT2D eigenvalue weighted by Crippen LogP contribution is -2.58. The second kappa shape index (κ2) is 12.1. The summed E-state index contributed by atoms with van der Waals surface area (Å²) in [5.41, 5.74) is 6.21. The number of imidazole rings is 1. The molecule has 1 aliphatic heterocycles. The molecule has 0 aromatic carbocycles. The predicted octanol–water partition coefficient (Wildman–Crippen LogP) is -1.15. The normalized spacial score (nSPS) is 19.0. The Labute approximate surface area is 196 Å². The molecule has 1 aliphatic rings. The number of carboxylic acids is 2. The van der Waals surface area contributed by atoms with Crippen molar-refractivity contribution in [2.75, 3.05) is 6.54 Å². The van der Waals surface area contributed by atoms with Crippen molar-refractivity contribution < 1.29 is 34.2 Å². The van der Waals surface area contributed by atoms with E-state index in [1.165, 1.54) is 17.4 Å². The smallest absolute Gasteiger partial charge is 0.326 e. The van der Waals surface area contributed by atoms with Gasteiger partial charge in [-0.15, -0.1) is 0 Å². The summed E-state index contributed by atoms with van der Waals surface area (Å²) in [6.45, 7) is 3.82. The van der Waals surface area contributed by atoms with Crippen molar-refractivity contribution in [1.29, 1.82) is 0 Å². The molecule has 0 aliphatic carbocycles. The third kappa shape index (κ3) is 7.01. The molecule has 5 atom stereocenters. The molecule has 0 radical (unpaired) electrons. The average molecular weight is 481 g/mol. The number of hydrogen-bond donors (Lipinski definition) is 6. The third-order valence-corrected chi connectivity index (χ3v) is 5.94. The molecular weight excluding hydrogens is 448 g/mol. The van der Waals surface area contributed by atoms with Crippen molar-refractivity contribution in [3.05, 3.63) is 18.2 Å². The second-order valence-electron chi connectivity index (χ2n) is 8.45. The zero-order valence-corrected chi connectivity index (χ0v) is 19.2. The molecule has 1 aromatic heterocycles. The molecule has 34 heavy (non-hydrogen) atoms. The fourth-order valence-corrected chi connectivity index (χ4v) is 3.82. The van der Waals surface area contributed by atoms with E-state index in [0.717, 1.165) is 0 Å². The summed E-state index contributed by atoms with van der Waals surface area (Å²) >= 11 is 0. The van der Waals surface area contributed by atoms with E-state index in [1.807, 2.05) is 6.92 Å². The van der Waals surface area contributed by atoms with Crippen LogP contribution in [0.15, 0.2) is 12.5 Å². The quantitative estimate of drug-likeness (QED) is 0.213. The summed E-state index contributed by atoms with van der Waals surface area (Å²) in [5, 5.41) is 23.6. The van der Waals surface area contributed by atoms with Crippen molar-refractivity contribution in [2.24, 2.45) is 11.7 Å². The minimum absolute atomic E-state index is 0.0192. The number of carboxylic acid groups (broad SMARTS) is 2. The summed E-state index contributed by atoms with van der Waals surface area (Å²) in [4.78, 5) is 69.1. The van der Waals surface area contributed by atoms with Gasteiger partial charge in [-0.1, -0.05) is 20.3 Å². The van der Waals surface area contributed by atoms with E-state index in [4.69, 9.17) is 10.8 Å². The van der Waals surface area contributed by atoms with Crippen LogP contribution in [0.25, 0.3) is 0 Å². The van der Waals surface area contributed by atoms with E-state index in [0.29, 0.717) is 25.0 Å². The van der Waals surface area contributed by atoms with Gasteiger partial charge in [0.05, 0.1) is 18.8 Å². The lowest BCUT2D eigenvalue weighted by Gasteiger charge is -2.30. The lowest BCUT2D eigenvalue weighted by molar-refractivity contribution is -0.144. The van der Waals surface area contributed by atoms with Gasteiger partial charge in [0.15, 0.2) is 0 Å². The highest BCUT2D eigenvalue weighted by Crippen LogP contribution is 2.20. The molecule has 13 nitrogen and oxygen atoms in total. The first-order valence-corrected chi connectivity index (χ1v) is 11.1. The van der Waals surface area contributed by atoms with Crippen molar-refractivity contribution in [2.45, 2.75) is 70.1 Å². The second-order valence-corrected chi connectivity index (χ2v) is 8.45. The zero-order chi connectivity index (χ0) is 25.4. The predicted molar refractivity (Wildman–Crippen MR) is 118 cm³/mol. The van der Waals surface area contributed by atoms with Crippen LogP contribution in [0.3, 0.4) is 0 Å². The number of nitrogens with one attached hydrogen (secondary N) is 3. The highest BCUT2D eigenvalue weighted by Gasteiger charge is 2.39. The molecule has 1 aromatic rings. The number of nitrogens with zero attached hydrogens (tertiary/aromatic N) is 2. The number of aromatic nitrogens is 2. The standard InChI is InChI=1S/C21H32N6O7/c1-3-11(2)17(19(31)25-14(21(33)34)7-12-9-23-10-24-12)26-18(30)15-5-4-6-27(15)20(32)13(22)8-16(28)29/h9-11,13-15,17H,3-8,22H2,1-2H3,(H,23,24)(H,25,31)(H,26,30)(H,28,29)(H,33,34). The molecule has 2 heterocycles. The largest absolute Gasteiger partial charge is 0.481 e. The van der Waals surface area contributed by atoms with Gasteiger partial charge in [0, 0.05) is 24.9 Å². The van der Waals surface area contributed by atoms with Crippen LogP contribution in [0, 0.1) is 5.92 Å². The molecule has 13 heteroatoms. The van der Waals surface area contributed by atoms with E-state index < -0.39 is 60.2 Å². The minimum atomic E-state index is -1.28. The Kier molecular flexibility index (Phi) is 9.54. The molecule has 5 unspecified atom stereocenters. The molecule has 3 amide bonds. The van der Waals surface area contributed by atoms with E-state index in [2.05, 4.69) is 20.6 Å². The first-order chi connectivity index (χ1) is 16.0. The first kappa shape index (κ1) is 26.8. The Balaban J connectivity index is 2.11. The van der Waals surface area contributed by atoms with Gasteiger partial charge in [-0.2, -0.15) is 0 Å². The molecule has 188 valence electrons. The molecule has 7 N–H and O–H groups in total. The number of carbonyl (C=O) groups is 5. The van der Waals surface area contributed by atoms with E-state index in [-0.39, 0.29) is 18.9 Å². The summed E-state index contributed by atoms with van der Waals surface area (Å²) in [6.07, 6.45) is 3.65. The molecule has 0 bridgehead atoms. The lowest BCUT2D eigenvalue weighted by atomic mass is 9.97. The number of carbonyl (C=O) groups excluding carboxylic acids is 3. The number of hydrogen-bond acceptors (Lipinski definition) is 7. The maximum Gasteiger partial charge on any atom is 0.326 e. The molecule has 0 saturated carbocycles. The van der Waals surface area contributed by atoms with Gasteiger partial charge in [0.2, 0.25) is 17.7 Å². The molecule has 0 spiro atoms. The Morgan fingerprint density at radius 1 is 1.26 bits per heavy atom. The fraction of sp³-hybridized carbons (Fsp3) is 0.619. The van der Waals surface area contributed by atoms with Crippen LogP contribution in [-0.2, 0) is 30.4 Å². The van der Waals surface area contributed by atoms with E-state index in [1.54, 1.807) is 6.92 Å². The van der Waals surface area contributed by atoms with Gasteiger partial charge >= 0.3 is 11.9 Å². The van der Waals surface area contributed by atoms with Crippen molar-refractivity contribution >= 4 is 29.7 Å². The molecular formula is C21H32N6O7. The fourth-order valence-electron chi connectivity index (χ4n) is 3.82. The van der Waals surface area contributed by atoms with E-state index in [9.17, 15) is 29.1 Å². The van der Waals surface area contributed by atoms with Gasteiger partial charge in [0.25, 0.3) is 0 Å². The number of aromatic amines is 1. The van der Waals surface area contributed by atoms with Gasteiger partial charge < -0.3 is 36.5 Å². The van der Waals surface area contributed by atoms with Crippen molar-refractivity contribution in [3.8, 4) is 0 Å². The first-order valence-electron chi connectivity index (χ1n) is 11.1. The Morgan fingerprint density at radius 3 is 2.53 bits per heavy atom. The van der Waals surface area contributed by atoms with Gasteiger partial charge in [-0.25, -0.2) is 9.78 Å².